The minimum Gasteiger partial charge on any atom is -0.402 e. The number of carbonyl (C=O) groups is 1. The van der Waals surface area contributed by atoms with Gasteiger partial charge >= 0.3 is 6.01 Å². The number of nitrogens with zero attached hydrogens (tertiary/aromatic N) is 5. The molecule has 4 aliphatic rings. The van der Waals surface area contributed by atoms with E-state index in [2.05, 4.69) is 32.7 Å². The number of carbonyl (C=O) groups excluding carboxylic acids is 1. The summed E-state index contributed by atoms with van der Waals surface area (Å²) >= 11 is 1.72. The van der Waals surface area contributed by atoms with E-state index in [0.717, 1.165) is 46.9 Å². The molecule has 3 atom stereocenters. The zero-order valence-electron chi connectivity index (χ0n) is 21.8. The Bertz CT molecular complexity index is 1640. The molecule has 2 aliphatic carbocycles. The van der Waals surface area contributed by atoms with Crippen LogP contribution in [-0.2, 0) is 14.9 Å². The van der Waals surface area contributed by atoms with Gasteiger partial charge in [-0.1, -0.05) is 60.6 Å². The van der Waals surface area contributed by atoms with E-state index < -0.39 is 6.17 Å². The van der Waals surface area contributed by atoms with Crippen molar-refractivity contribution in [2.75, 3.05) is 28.7 Å². The minimum absolute atomic E-state index is 0.113. The lowest BCUT2D eigenvalue weighted by Gasteiger charge is -2.27. The van der Waals surface area contributed by atoms with Crippen LogP contribution in [0.4, 0.5) is 16.7 Å². The monoisotopic (exact) mass is 553 g/mol. The molecule has 202 valence electrons. The van der Waals surface area contributed by atoms with Gasteiger partial charge in [-0.05, 0) is 25.3 Å². The van der Waals surface area contributed by atoms with Crippen LogP contribution in [0.15, 0.2) is 64.0 Å². The lowest BCUT2D eigenvalue weighted by molar-refractivity contribution is -0.116. The van der Waals surface area contributed by atoms with Crippen molar-refractivity contribution in [2.24, 2.45) is 4.99 Å². The van der Waals surface area contributed by atoms with Crippen LogP contribution in [0.1, 0.15) is 42.3 Å². The number of para-hydroxylation sites is 1. The lowest BCUT2D eigenvalue weighted by Crippen LogP contribution is -2.36. The van der Waals surface area contributed by atoms with Crippen LogP contribution in [0, 0.1) is 0 Å². The molecule has 2 aliphatic heterocycles. The van der Waals surface area contributed by atoms with Gasteiger partial charge in [0.15, 0.2) is 5.69 Å². The second-order valence-corrected chi connectivity index (χ2v) is 12.0. The van der Waals surface area contributed by atoms with Gasteiger partial charge in [0, 0.05) is 23.1 Å². The Morgan fingerprint density at radius 1 is 1.10 bits per heavy atom. The maximum Gasteiger partial charge on any atom is 0.317 e. The summed E-state index contributed by atoms with van der Waals surface area (Å²) in [5.74, 6) is 0.0158. The fraction of sp³-hybridized carbons (Fsp3) is 0.345. The number of hydrogen-bond acceptors (Lipinski definition) is 10. The number of benzodiazepines with no additional fused rings is 1. The van der Waals surface area contributed by atoms with E-state index >= 15 is 0 Å². The van der Waals surface area contributed by atoms with Crippen molar-refractivity contribution in [3.05, 3.63) is 70.7 Å². The van der Waals surface area contributed by atoms with E-state index in [1.165, 1.54) is 0 Å². The number of aliphatic imine (C=N–C) groups is 1. The molecular weight excluding hydrogens is 526 g/mol. The second-order valence-electron chi connectivity index (χ2n) is 11.0. The third-order valence-electron chi connectivity index (χ3n) is 8.03. The van der Waals surface area contributed by atoms with E-state index in [4.69, 9.17) is 19.1 Å². The minimum atomic E-state index is -0.974. The molecule has 2 N–H and O–H groups in total. The zero-order valence-corrected chi connectivity index (χ0v) is 22.6. The van der Waals surface area contributed by atoms with Crippen molar-refractivity contribution in [1.29, 1.82) is 0 Å². The molecule has 0 bridgehead atoms. The summed E-state index contributed by atoms with van der Waals surface area (Å²) in [6.45, 7) is 3.76. The number of nitrogens with one attached hydrogen (secondary N) is 2. The van der Waals surface area contributed by atoms with Crippen molar-refractivity contribution in [1.82, 2.24) is 15.2 Å². The highest BCUT2D eigenvalue weighted by Crippen LogP contribution is 2.53. The van der Waals surface area contributed by atoms with Crippen molar-refractivity contribution in [3.8, 4) is 11.6 Å². The van der Waals surface area contributed by atoms with Crippen molar-refractivity contribution < 1.29 is 13.9 Å². The van der Waals surface area contributed by atoms with Gasteiger partial charge < -0.3 is 24.7 Å². The Balaban J connectivity index is 1.13. The Morgan fingerprint density at radius 2 is 1.93 bits per heavy atom. The summed E-state index contributed by atoms with van der Waals surface area (Å²) in [6.07, 6.45) is 2.61. The van der Waals surface area contributed by atoms with Gasteiger partial charge in [0.2, 0.25) is 6.17 Å². The molecule has 4 heterocycles. The summed E-state index contributed by atoms with van der Waals surface area (Å²) in [5, 5.41) is 16.8. The van der Waals surface area contributed by atoms with Crippen LogP contribution in [0.25, 0.3) is 11.6 Å². The van der Waals surface area contributed by atoms with Gasteiger partial charge in [0.05, 0.1) is 30.2 Å². The standard InChI is InChI=1S/C29H27N7O3S/c1-29(11-12-29)27-32-22(26(40-27)36-13-14-38-20-15-19(20)36)25-34-35-28(39-25)33-23-24(37)30-18-10-6-5-9-17(18)21(31-23)16-7-3-2-4-8-16/h2-10,19-20,23H,11-15H2,1H3,(H,30,37)(H,33,35)/t19-,20+,23-/m1/s1. The molecule has 0 radical (unpaired) electrons. The first-order chi connectivity index (χ1) is 19.6. The predicted molar refractivity (Wildman–Crippen MR) is 152 cm³/mol. The van der Waals surface area contributed by atoms with E-state index in [1.54, 1.807) is 11.3 Å². The molecule has 3 fully saturated rings. The molecule has 4 aromatic rings. The number of amides is 1. The first-order valence-electron chi connectivity index (χ1n) is 13.6. The highest BCUT2D eigenvalue weighted by atomic mass is 32.1. The molecule has 10 nitrogen and oxygen atoms in total. The summed E-state index contributed by atoms with van der Waals surface area (Å²) in [6, 6.07) is 17.9. The number of aromatic nitrogens is 3. The van der Waals surface area contributed by atoms with Crippen molar-refractivity contribution >= 4 is 39.7 Å². The average molecular weight is 554 g/mol. The highest BCUT2D eigenvalue weighted by molar-refractivity contribution is 7.16. The van der Waals surface area contributed by atoms with E-state index in [1.807, 2.05) is 54.6 Å². The van der Waals surface area contributed by atoms with Gasteiger partial charge in [-0.15, -0.1) is 16.4 Å². The maximum atomic E-state index is 13.3. The van der Waals surface area contributed by atoms with E-state index in [9.17, 15) is 4.79 Å². The predicted octanol–water partition coefficient (Wildman–Crippen LogP) is 4.45. The average Bonchev–Trinajstić information content (AvgIpc) is 3.84. The summed E-state index contributed by atoms with van der Waals surface area (Å²) < 4.78 is 11.9. The normalized spacial score (nSPS) is 24.3. The number of anilines is 3. The molecule has 2 aromatic carbocycles. The quantitative estimate of drug-likeness (QED) is 0.360. The van der Waals surface area contributed by atoms with E-state index in [-0.39, 0.29) is 23.4 Å². The van der Waals surface area contributed by atoms with Crippen LogP contribution in [0.5, 0.6) is 0 Å². The van der Waals surface area contributed by atoms with Crippen molar-refractivity contribution in [3.63, 3.8) is 0 Å². The van der Waals surface area contributed by atoms with Crippen LogP contribution < -0.4 is 15.5 Å². The maximum absolute atomic E-state index is 13.3. The molecular formula is C29H27N7O3S. The molecule has 40 heavy (non-hydrogen) atoms. The molecule has 2 aromatic heterocycles. The van der Waals surface area contributed by atoms with Gasteiger partial charge in [-0.25, -0.2) is 9.98 Å². The molecule has 1 saturated heterocycles. The smallest absolute Gasteiger partial charge is 0.317 e. The van der Waals surface area contributed by atoms with Gasteiger partial charge in [0.1, 0.15) is 10.0 Å². The third kappa shape index (κ3) is 4.08. The van der Waals surface area contributed by atoms with Crippen LogP contribution in [0.3, 0.4) is 0 Å². The number of ether oxygens (including phenoxy) is 1. The molecule has 0 unspecified atom stereocenters. The number of fused-ring (bicyclic) bond motifs is 2. The van der Waals surface area contributed by atoms with Gasteiger partial charge in [-0.3, -0.25) is 4.79 Å². The van der Waals surface area contributed by atoms with E-state index in [0.29, 0.717) is 35.6 Å². The van der Waals surface area contributed by atoms with Crippen LogP contribution in [0.2, 0.25) is 0 Å². The number of morpholine rings is 1. The molecule has 1 amide bonds. The van der Waals surface area contributed by atoms with Gasteiger partial charge in [-0.2, -0.15) is 0 Å². The Morgan fingerprint density at radius 3 is 2.77 bits per heavy atom. The van der Waals surface area contributed by atoms with Crippen LogP contribution >= 0.6 is 11.3 Å². The number of hydrogen-bond donors (Lipinski definition) is 2. The highest BCUT2D eigenvalue weighted by Gasteiger charge is 2.49. The Labute approximate surface area is 234 Å². The van der Waals surface area contributed by atoms with Gasteiger partial charge in [0.25, 0.3) is 11.8 Å². The lowest BCUT2D eigenvalue weighted by atomic mass is 10.0. The first kappa shape index (κ1) is 23.8. The molecule has 0 spiro atoms. The summed E-state index contributed by atoms with van der Waals surface area (Å²) in [5.41, 5.74) is 3.96. The second kappa shape index (κ2) is 8.97. The molecule has 8 rings (SSSR count). The molecule has 2 saturated carbocycles. The number of rotatable bonds is 6. The number of thiazole rings is 1. The van der Waals surface area contributed by atoms with Crippen molar-refractivity contribution in [2.45, 2.75) is 49.9 Å². The Hall–Kier alpha value is -4.09. The largest absolute Gasteiger partial charge is 0.402 e. The van der Waals surface area contributed by atoms with Crippen LogP contribution in [-0.4, -0.2) is 58.3 Å². The number of benzene rings is 2. The Kier molecular flexibility index (Phi) is 5.33. The topological polar surface area (TPSA) is 118 Å². The fourth-order valence-electron chi connectivity index (χ4n) is 5.37. The summed E-state index contributed by atoms with van der Waals surface area (Å²) in [4.78, 5) is 25.5. The first-order valence-corrected chi connectivity index (χ1v) is 14.4. The molecule has 11 heteroatoms. The SMILES string of the molecule is CC1(c2nc(-c3nnc(N[C@H]4N=C(c5ccccc5)c5ccccc5NC4=O)o3)c(N3CCO[C@H]4C[C@H]43)s2)CC1. The zero-order chi connectivity index (χ0) is 26.8. The fourth-order valence-corrected chi connectivity index (χ4v) is 6.71. The third-order valence-corrected chi connectivity index (χ3v) is 9.43. The summed E-state index contributed by atoms with van der Waals surface area (Å²) in [7, 11) is 0.